The zero-order chi connectivity index (χ0) is 18.1. The van der Waals surface area contributed by atoms with Gasteiger partial charge in [0.25, 0.3) is 0 Å². The molecule has 2 aromatic carbocycles. The van der Waals surface area contributed by atoms with E-state index in [-0.39, 0.29) is 6.54 Å². The van der Waals surface area contributed by atoms with Gasteiger partial charge >= 0.3 is 5.69 Å². The van der Waals surface area contributed by atoms with Gasteiger partial charge in [-0.15, -0.1) is 0 Å². The van der Waals surface area contributed by atoms with Gasteiger partial charge in [-0.3, -0.25) is 0 Å². The predicted molar refractivity (Wildman–Crippen MR) is 96.7 cm³/mol. The molecule has 0 fully saturated rings. The third kappa shape index (κ3) is 3.14. The van der Waals surface area contributed by atoms with Gasteiger partial charge in [0.15, 0.2) is 5.76 Å². The smallest absolute Gasteiger partial charge is 0.369 e. The summed E-state index contributed by atoms with van der Waals surface area (Å²) in [6.07, 6.45) is 1.57. The first-order valence-corrected chi connectivity index (χ1v) is 8.36. The van der Waals surface area contributed by atoms with Crippen molar-refractivity contribution in [2.45, 2.75) is 6.54 Å². The fourth-order valence-corrected chi connectivity index (χ4v) is 2.84. The number of tetrazole rings is 1. The number of benzene rings is 2. The largest absolute Gasteiger partial charge is 0.439 e. The summed E-state index contributed by atoms with van der Waals surface area (Å²) < 4.78 is 7.97. The summed E-state index contributed by atoms with van der Waals surface area (Å²) in [6.45, 7) is 0.0455. The van der Waals surface area contributed by atoms with Crippen molar-refractivity contribution in [3.8, 4) is 17.0 Å². The fraction of sp³-hybridized carbons (Fsp3) is 0.0588. The summed E-state index contributed by atoms with van der Waals surface area (Å²) in [5.74, 6) is 0.877. The highest BCUT2D eigenvalue weighted by Gasteiger charge is 2.14. The van der Waals surface area contributed by atoms with E-state index >= 15 is 0 Å². The van der Waals surface area contributed by atoms with Gasteiger partial charge < -0.3 is 4.42 Å². The first kappa shape index (κ1) is 16.6. The van der Waals surface area contributed by atoms with Gasteiger partial charge in [-0.2, -0.15) is 9.36 Å². The van der Waals surface area contributed by atoms with E-state index in [0.717, 1.165) is 14.9 Å². The topological polar surface area (TPSA) is 78.7 Å². The maximum absolute atomic E-state index is 12.5. The summed E-state index contributed by atoms with van der Waals surface area (Å²) in [5.41, 5.74) is 0.807. The van der Waals surface area contributed by atoms with Crippen LogP contribution in [-0.2, 0) is 6.54 Å². The average Bonchev–Trinajstić information content (AvgIpc) is 3.24. The molecule has 0 unspecified atom stereocenters. The Kier molecular flexibility index (Phi) is 4.32. The third-order valence-corrected chi connectivity index (χ3v) is 4.22. The van der Waals surface area contributed by atoms with E-state index in [2.05, 4.69) is 15.4 Å². The van der Waals surface area contributed by atoms with Crippen molar-refractivity contribution in [2.24, 2.45) is 0 Å². The number of hydrogen-bond acceptors (Lipinski definition) is 5. The second kappa shape index (κ2) is 6.78. The number of para-hydroxylation sites is 1. The summed E-state index contributed by atoms with van der Waals surface area (Å²) in [7, 11) is 0. The molecule has 2 heterocycles. The molecule has 130 valence electrons. The van der Waals surface area contributed by atoms with E-state index in [9.17, 15) is 4.79 Å². The third-order valence-electron chi connectivity index (χ3n) is 3.67. The molecule has 4 aromatic rings. The van der Waals surface area contributed by atoms with Crippen LogP contribution in [0, 0.1) is 0 Å². The number of nitrogens with zero attached hydrogens (tertiary/aromatic N) is 5. The first-order chi connectivity index (χ1) is 12.6. The molecular formula is C17H11Cl2N5O2. The number of hydrogen-bond donors (Lipinski definition) is 0. The zero-order valence-corrected chi connectivity index (χ0v) is 14.7. The molecule has 0 aliphatic carbocycles. The first-order valence-electron chi connectivity index (χ1n) is 7.60. The van der Waals surface area contributed by atoms with Crippen LogP contribution in [0.3, 0.4) is 0 Å². The SMILES string of the molecule is O=c1n(Cc2ncc(-c3cccc(Cl)c3)o2)nnn1-c1ccccc1Cl. The maximum Gasteiger partial charge on any atom is 0.369 e. The van der Waals surface area contributed by atoms with Crippen LogP contribution < -0.4 is 5.69 Å². The highest BCUT2D eigenvalue weighted by atomic mass is 35.5. The van der Waals surface area contributed by atoms with E-state index in [1.165, 1.54) is 0 Å². The molecule has 0 amide bonds. The van der Waals surface area contributed by atoms with Crippen LogP contribution in [-0.4, -0.2) is 24.8 Å². The number of aromatic nitrogens is 5. The lowest BCUT2D eigenvalue weighted by Gasteiger charge is -2.00. The lowest BCUT2D eigenvalue weighted by Crippen LogP contribution is -2.25. The van der Waals surface area contributed by atoms with Crippen molar-refractivity contribution < 1.29 is 4.42 Å². The van der Waals surface area contributed by atoms with E-state index in [1.54, 1.807) is 42.6 Å². The molecule has 0 atom stereocenters. The van der Waals surface area contributed by atoms with Crippen molar-refractivity contribution in [3.05, 3.63) is 81.1 Å². The Morgan fingerprint density at radius 1 is 1.04 bits per heavy atom. The summed E-state index contributed by atoms with van der Waals surface area (Å²) in [6, 6.07) is 14.1. The van der Waals surface area contributed by atoms with Crippen LogP contribution in [0.4, 0.5) is 0 Å². The molecule has 0 bridgehead atoms. The molecule has 2 aromatic heterocycles. The van der Waals surface area contributed by atoms with Gasteiger partial charge in [0.1, 0.15) is 6.54 Å². The zero-order valence-electron chi connectivity index (χ0n) is 13.2. The normalized spacial score (nSPS) is 11.0. The summed E-state index contributed by atoms with van der Waals surface area (Å²) >= 11 is 12.1. The van der Waals surface area contributed by atoms with Gasteiger partial charge in [-0.1, -0.05) is 47.5 Å². The standard InChI is InChI=1S/C17H11Cl2N5O2/c18-12-5-3-4-11(8-12)15-9-20-16(26-15)10-23-17(25)24(22-21-23)14-7-2-1-6-13(14)19/h1-9H,10H2. The van der Waals surface area contributed by atoms with Crippen LogP contribution in [0.5, 0.6) is 0 Å². The molecule has 7 nitrogen and oxygen atoms in total. The van der Waals surface area contributed by atoms with Crippen LogP contribution >= 0.6 is 23.2 Å². The fourth-order valence-electron chi connectivity index (χ4n) is 2.43. The monoisotopic (exact) mass is 387 g/mol. The number of oxazole rings is 1. The minimum absolute atomic E-state index is 0.0455. The molecule has 0 radical (unpaired) electrons. The summed E-state index contributed by atoms with van der Waals surface area (Å²) in [5, 5.41) is 8.73. The Morgan fingerprint density at radius 2 is 1.88 bits per heavy atom. The molecule has 0 N–H and O–H groups in total. The molecule has 0 saturated carbocycles. The van der Waals surface area contributed by atoms with Crippen molar-refractivity contribution in [1.29, 1.82) is 0 Å². The van der Waals surface area contributed by atoms with Gasteiger partial charge in [0.05, 0.1) is 16.9 Å². The van der Waals surface area contributed by atoms with Crippen LogP contribution in [0.15, 0.2) is 63.9 Å². The van der Waals surface area contributed by atoms with Crippen LogP contribution in [0.2, 0.25) is 10.0 Å². The average molecular weight is 388 g/mol. The van der Waals surface area contributed by atoms with E-state index in [1.807, 2.05) is 12.1 Å². The van der Waals surface area contributed by atoms with Gasteiger partial charge in [0, 0.05) is 10.6 Å². The molecule has 0 spiro atoms. The highest BCUT2D eigenvalue weighted by Crippen LogP contribution is 2.23. The quantitative estimate of drug-likeness (QED) is 0.535. The minimum Gasteiger partial charge on any atom is -0.439 e. The lowest BCUT2D eigenvalue weighted by atomic mass is 10.2. The van der Waals surface area contributed by atoms with Crippen LogP contribution in [0.1, 0.15) is 5.89 Å². The highest BCUT2D eigenvalue weighted by molar-refractivity contribution is 6.32. The molecule has 0 aliphatic heterocycles. The Labute approximate surface area is 157 Å². The van der Waals surface area contributed by atoms with Crippen molar-refractivity contribution >= 4 is 23.2 Å². The Hall–Kier alpha value is -2.90. The van der Waals surface area contributed by atoms with Crippen molar-refractivity contribution in [2.75, 3.05) is 0 Å². The second-order valence-electron chi connectivity index (χ2n) is 5.41. The molecule has 26 heavy (non-hydrogen) atoms. The Bertz CT molecular complexity index is 1130. The number of rotatable bonds is 4. The predicted octanol–water partition coefficient (Wildman–Crippen LogP) is 3.44. The maximum atomic E-state index is 12.5. The van der Waals surface area contributed by atoms with E-state index in [0.29, 0.717) is 27.4 Å². The van der Waals surface area contributed by atoms with Crippen LogP contribution in [0.25, 0.3) is 17.0 Å². The van der Waals surface area contributed by atoms with Gasteiger partial charge in [-0.05, 0) is 34.7 Å². The molecule has 4 rings (SSSR count). The molecule has 0 saturated heterocycles. The lowest BCUT2D eigenvalue weighted by molar-refractivity contribution is 0.464. The Morgan fingerprint density at radius 3 is 2.69 bits per heavy atom. The Balaban J connectivity index is 1.61. The van der Waals surface area contributed by atoms with E-state index < -0.39 is 5.69 Å². The summed E-state index contributed by atoms with van der Waals surface area (Å²) in [4.78, 5) is 16.7. The second-order valence-corrected chi connectivity index (χ2v) is 6.25. The minimum atomic E-state index is -0.444. The number of halogens is 2. The molecule has 0 aliphatic rings. The van der Waals surface area contributed by atoms with Gasteiger partial charge in [-0.25, -0.2) is 9.78 Å². The van der Waals surface area contributed by atoms with E-state index in [4.69, 9.17) is 27.6 Å². The molecular weight excluding hydrogens is 377 g/mol. The van der Waals surface area contributed by atoms with Crippen molar-refractivity contribution in [1.82, 2.24) is 24.8 Å². The van der Waals surface area contributed by atoms with Crippen molar-refractivity contribution in [3.63, 3.8) is 0 Å². The van der Waals surface area contributed by atoms with Gasteiger partial charge in [0.2, 0.25) is 5.89 Å². The molecule has 9 heteroatoms.